The Kier molecular flexibility index (Phi) is 4.67. The molecule has 1 aromatic carbocycles. The summed E-state index contributed by atoms with van der Waals surface area (Å²) in [6.07, 6.45) is -1.47. The molecule has 0 saturated heterocycles. The lowest BCUT2D eigenvalue weighted by atomic mass is 10.1. The molecule has 0 bridgehead atoms. The first-order valence-corrected chi connectivity index (χ1v) is 8.57. The van der Waals surface area contributed by atoms with Crippen LogP contribution in [0.5, 0.6) is 0 Å². The SMILES string of the molecule is O=C(Nc1cccnc1)c1ccc2cccc(-c3cccc(C(F)(F)F)n3)c2n1. The van der Waals surface area contributed by atoms with Gasteiger partial charge >= 0.3 is 6.18 Å². The van der Waals surface area contributed by atoms with Crippen molar-refractivity contribution in [3.8, 4) is 11.3 Å². The van der Waals surface area contributed by atoms with Crippen molar-refractivity contribution in [1.82, 2.24) is 15.0 Å². The number of pyridine rings is 3. The lowest BCUT2D eigenvalue weighted by molar-refractivity contribution is -0.141. The number of para-hydroxylation sites is 1. The third kappa shape index (κ3) is 3.91. The van der Waals surface area contributed by atoms with Crippen LogP contribution in [0.25, 0.3) is 22.2 Å². The third-order valence-corrected chi connectivity index (χ3v) is 4.19. The molecule has 0 radical (unpaired) electrons. The van der Waals surface area contributed by atoms with Gasteiger partial charge in [-0.2, -0.15) is 13.2 Å². The minimum Gasteiger partial charge on any atom is -0.319 e. The molecule has 5 nitrogen and oxygen atoms in total. The summed E-state index contributed by atoms with van der Waals surface area (Å²) in [6.45, 7) is 0. The molecular formula is C21H13F3N4O. The van der Waals surface area contributed by atoms with Crippen molar-refractivity contribution in [2.45, 2.75) is 6.18 Å². The molecule has 0 saturated carbocycles. The van der Waals surface area contributed by atoms with Crippen LogP contribution >= 0.6 is 0 Å². The van der Waals surface area contributed by atoms with E-state index in [0.29, 0.717) is 22.2 Å². The van der Waals surface area contributed by atoms with Crippen LogP contribution in [-0.2, 0) is 6.18 Å². The zero-order valence-corrected chi connectivity index (χ0v) is 14.8. The maximum absolute atomic E-state index is 13.0. The van der Waals surface area contributed by atoms with E-state index in [-0.39, 0.29) is 11.4 Å². The second-order valence-corrected chi connectivity index (χ2v) is 6.18. The number of hydrogen-bond acceptors (Lipinski definition) is 4. The average Bonchev–Trinajstić information content (AvgIpc) is 2.73. The molecule has 144 valence electrons. The summed E-state index contributed by atoms with van der Waals surface area (Å²) in [6, 6.07) is 15.4. The normalized spacial score (nSPS) is 11.4. The van der Waals surface area contributed by atoms with E-state index in [9.17, 15) is 18.0 Å². The van der Waals surface area contributed by atoms with Crippen molar-refractivity contribution in [2.24, 2.45) is 0 Å². The van der Waals surface area contributed by atoms with Crippen LogP contribution in [0.15, 0.2) is 73.1 Å². The van der Waals surface area contributed by atoms with Crippen LogP contribution in [0.4, 0.5) is 18.9 Å². The van der Waals surface area contributed by atoms with Crippen LogP contribution in [0, 0.1) is 0 Å². The van der Waals surface area contributed by atoms with Gasteiger partial charge in [-0.1, -0.05) is 30.3 Å². The van der Waals surface area contributed by atoms with Crippen LogP contribution in [-0.4, -0.2) is 20.9 Å². The van der Waals surface area contributed by atoms with Gasteiger partial charge in [0.15, 0.2) is 0 Å². The molecule has 0 aliphatic carbocycles. The second-order valence-electron chi connectivity index (χ2n) is 6.18. The summed E-state index contributed by atoms with van der Waals surface area (Å²) in [5.41, 5.74) is 0.566. The number of alkyl halides is 3. The van der Waals surface area contributed by atoms with Gasteiger partial charge in [0.1, 0.15) is 11.4 Å². The van der Waals surface area contributed by atoms with E-state index in [0.717, 1.165) is 6.07 Å². The molecule has 3 heterocycles. The number of benzene rings is 1. The molecule has 1 amide bonds. The van der Waals surface area contributed by atoms with E-state index in [2.05, 4.69) is 20.3 Å². The summed E-state index contributed by atoms with van der Waals surface area (Å²) in [5.74, 6) is -0.452. The van der Waals surface area contributed by atoms with Crippen LogP contribution in [0.2, 0.25) is 0 Å². The summed E-state index contributed by atoms with van der Waals surface area (Å²) in [4.78, 5) is 24.6. The summed E-state index contributed by atoms with van der Waals surface area (Å²) >= 11 is 0. The van der Waals surface area contributed by atoms with E-state index < -0.39 is 17.8 Å². The fourth-order valence-corrected chi connectivity index (χ4v) is 2.85. The van der Waals surface area contributed by atoms with Gasteiger partial charge in [-0.3, -0.25) is 9.78 Å². The molecule has 0 aliphatic heterocycles. The van der Waals surface area contributed by atoms with Gasteiger partial charge in [-0.25, -0.2) is 9.97 Å². The number of carbonyl (C=O) groups excluding carboxylic acids is 1. The van der Waals surface area contributed by atoms with Gasteiger partial charge in [-0.05, 0) is 30.3 Å². The highest BCUT2D eigenvalue weighted by atomic mass is 19.4. The van der Waals surface area contributed by atoms with Crippen molar-refractivity contribution in [2.75, 3.05) is 5.32 Å². The second kappa shape index (κ2) is 7.31. The number of aromatic nitrogens is 3. The number of halogens is 3. The summed E-state index contributed by atoms with van der Waals surface area (Å²) < 4.78 is 39.1. The van der Waals surface area contributed by atoms with Crippen molar-refractivity contribution in [3.63, 3.8) is 0 Å². The monoisotopic (exact) mass is 394 g/mol. The Bertz CT molecular complexity index is 1190. The molecule has 0 aliphatic rings. The lowest BCUT2D eigenvalue weighted by Crippen LogP contribution is -2.14. The van der Waals surface area contributed by atoms with Crippen molar-refractivity contribution >= 4 is 22.5 Å². The number of hydrogen-bond donors (Lipinski definition) is 1. The third-order valence-electron chi connectivity index (χ3n) is 4.19. The van der Waals surface area contributed by atoms with Crippen molar-refractivity contribution < 1.29 is 18.0 Å². The quantitative estimate of drug-likeness (QED) is 0.533. The first kappa shape index (κ1) is 18.5. The lowest BCUT2D eigenvalue weighted by Gasteiger charge is -2.10. The van der Waals surface area contributed by atoms with Gasteiger partial charge in [0.05, 0.1) is 23.1 Å². The largest absolute Gasteiger partial charge is 0.433 e. The fourth-order valence-electron chi connectivity index (χ4n) is 2.85. The van der Waals surface area contributed by atoms with E-state index >= 15 is 0 Å². The standard InChI is InChI=1S/C21H13F3N4O/c22-21(23,24)18-8-2-7-16(27-18)15-6-1-4-13-9-10-17(28-19(13)15)20(29)26-14-5-3-11-25-12-14/h1-12H,(H,26,29). The van der Waals surface area contributed by atoms with Gasteiger partial charge in [0.25, 0.3) is 5.91 Å². The molecule has 4 rings (SSSR count). The van der Waals surface area contributed by atoms with Gasteiger partial charge < -0.3 is 5.32 Å². The van der Waals surface area contributed by atoms with Crippen molar-refractivity contribution in [1.29, 1.82) is 0 Å². The first-order valence-electron chi connectivity index (χ1n) is 8.57. The predicted octanol–water partition coefficient (Wildman–Crippen LogP) is 4.96. The molecule has 0 atom stereocenters. The summed E-state index contributed by atoms with van der Waals surface area (Å²) in [5, 5.41) is 3.36. The van der Waals surface area contributed by atoms with Crippen LogP contribution < -0.4 is 5.32 Å². The Labute approximate surface area is 163 Å². The Morgan fingerprint density at radius 3 is 2.48 bits per heavy atom. The molecular weight excluding hydrogens is 381 g/mol. The maximum atomic E-state index is 13.0. The zero-order chi connectivity index (χ0) is 20.4. The van der Waals surface area contributed by atoms with E-state index in [4.69, 9.17) is 0 Å². The fraction of sp³-hybridized carbons (Fsp3) is 0.0476. The molecule has 0 spiro atoms. The zero-order valence-electron chi connectivity index (χ0n) is 14.8. The number of nitrogens with zero attached hydrogens (tertiary/aromatic N) is 3. The highest BCUT2D eigenvalue weighted by Gasteiger charge is 2.32. The molecule has 0 unspecified atom stereocenters. The molecule has 4 aromatic rings. The maximum Gasteiger partial charge on any atom is 0.433 e. The summed E-state index contributed by atoms with van der Waals surface area (Å²) in [7, 11) is 0. The number of nitrogens with one attached hydrogen (secondary N) is 1. The Morgan fingerprint density at radius 2 is 1.72 bits per heavy atom. The minimum absolute atomic E-state index is 0.126. The highest BCUT2D eigenvalue weighted by Crippen LogP contribution is 2.31. The number of carbonyl (C=O) groups is 1. The van der Waals surface area contributed by atoms with Crippen LogP contribution in [0.1, 0.15) is 16.2 Å². The highest BCUT2D eigenvalue weighted by molar-refractivity contribution is 6.05. The van der Waals surface area contributed by atoms with E-state index in [1.807, 2.05) is 0 Å². The molecule has 8 heteroatoms. The van der Waals surface area contributed by atoms with Gasteiger partial charge in [0, 0.05) is 17.1 Å². The average molecular weight is 394 g/mol. The predicted molar refractivity (Wildman–Crippen MR) is 102 cm³/mol. The number of rotatable bonds is 3. The topological polar surface area (TPSA) is 67.8 Å². The molecule has 3 aromatic heterocycles. The molecule has 29 heavy (non-hydrogen) atoms. The molecule has 1 N–H and O–H groups in total. The first-order chi connectivity index (χ1) is 13.9. The Balaban J connectivity index is 1.76. The van der Waals surface area contributed by atoms with Gasteiger partial charge in [0.2, 0.25) is 0 Å². The van der Waals surface area contributed by atoms with Gasteiger partial charge in [-0.15, -0.1) is 0 Å². The number of amides is 1. The Hall–Kier alpha value is -3.81. The number of anilines is 1. The Morgan fingerprint density at radius 1 is 0.897 bits per heavy atom. The van der Waals surface area contributed by atoms with Crippen molar-refractivity contribution in [3.05, 3.63) is 84.4 Å². The van der Waals surface area contributed by atoms with Crippen LogP contribution in [0.3, 0.4) is 0 Å². The van der Waals surface area contributed by atoms with E-state index in [1.165, 1.54) is 18.3 Å². The van der Waals surface area contributed by atoms with E-state index in [1.54, 1.807) is 48.7 Å². The molecule has 0 fully saturated rings. The smallest absolute Gasteiger partial charge is 0.319 e. The number of fused-ring (bicyclic) bond motifs is 1. The minimum atomic E-state index is -4.55.